The van der Waals surface area contributed by atoms with Crippen molar-refractivity contribution < 1.29 is 38.2 Å². The van der Waals surface area contributed by atoms with E-state index in [1.165, 1.54) is 7.11 Å². The number of carbonyl (C=O) groups is 5. The maximum absolute atomic E-state index is 13.7. The van der Waals surface area contributed by atoms with Crippen molar-refractivity contribution in [3.63, 3.8) is 0 Å². The van der Waals surface area contributed by atoms with Crippen molar-refractivity contribution in [3.05, 3.63) is 60.2 Å². The molecule has 0 bridgehead atoms. The van der Waals surface area contributed by atoms with Gasteiger partial charge in [0.2, 0.25) is 17.7 Å². The number of piperidine rings is 1. The van der Waals surface area contributed by atoms with Crippen LogP contribution < -0.4 is 26.0 Å². The number of nitrogens with zero attached hydrogens (tertiary/aromatic N) is 1. The number of likely N-dealkylation sites (tertiary alicyclic amines) is 1. The predicted octanol–water partition coefficient (Wildman–Crippen LogP) is 3.67. The van der Waals surface area contributed by atoms with Crippen LogP contribution in [-0.2, 0) is 35.1 Å². The van der Waals surface area contributed by atoms with Gasteiger partial charge in [-0.2, -0.15) is 0 Å². The van der Waals surface area contributed by atoms with Gasteiger partial charge in [-0.1, -0.05) is 44.2 Å². The molecule has 50 heavy (non-hydrogen) atoms. The molecule has 1 aliphatic rings. The quantitative estimate of drug-likeness (QED) is 0.204. The Morgan fingerprint density at radius 3 is 2.06 bits per heavy atom. The van der Waals surface area contributed by atoms with Crippen molar-refractivity contribution in [2.45, 2.75) is 84.0 Å². The number of rotatable bonds is 15. The van der Waals surface area contributed by atoms with Gasteiger partial charge in [0.05, 0.1) is 20.8 Å². The number of nitrogens with one attached hydrogen (secondary N) is 4. The number of methoxy groups -OCH3 is 2. The molecular formula is C37H53N5O8. The van der Waals surface area contributed by atoms with Gasteiger partial charge in [0.1, 0.15) is 29.5 Å². The number of benzene rings is 2. The van der Waals surface area contributed by atoms with E-state index in [1.807, 2.05) is 65.0 Å². The second-order valence-corrected chi connectivity index (χ2v) is 13.9. The first-order valence-electron chi connectivity index (χ1n) is 17.1. The van der Waals surface area contributed by atoms with Crippen molar-refractivity contribution in [1.29, 1.82) is 0 Å². The van der Waals surface area contributed by atoms with Gasteiger partial charge in [-0.25, -0.2) is 9.59 Å². The summed E-state index contributed by atoms with van der Waals surface area (Å²) in [5.41, 5.74) is 0.869. The molecule has 1 aliphatic heterocycles. The largest absolute Gasteiger partial charge is 0.497 e. The fraction of sp³-hybridized carbons (Fsp3) is 0.541. The number of carbonyl (C=O) groups excluding carboxylic acids is 5. The van der Waals surface area contributed by atoms with Crippen molar-refractivity contribution in [2.75, 3.05) is 39.2 Å². The summed E-state index contributed by atoms with van der Waals surface area (Å²) in [6.45, 7) is 9.73. The minimum atomic E-state index is -1.02. The molecule has 274 valence electrons. The summed E-state index contributed by atoms with van der Waals surface area (Å²) >= 11 is 0. The molecule has 1 heterocycles. The number of hydrogen-bond donors (Lipinski definition) is 4. The van der Waals surface area contributed by atoms with Gasteiger partial charge in [0.15, 0.2) is 0 Å². The molecule has 0 aromatic heterocycles. The first-order valence-corrected chi connectivity index (χ1v) is 17.1. The zero-order valence-corrected chi connectivity index (χ0v) is 30.2. The second-order valence-electron chi connectivity index (χ2n) is 13.9. The molecule has 13 heteroatoms. The normalized spacial score (nSPS) is 15.2. The fourth-order valence-corrected chi connectivity index (χ4v) is 5.69. The number of hydrogen-bond acceptors (Lipinski definition) is 9. The lowest BCUT2D eigenvalue weighted by molar-refractivity contribution is -0.145. The molecule has 2 aromatic rings. The third-order valence-corrected chi connectivity index (χ3v) is 8.22. The summed E-state index contributed by atoms with van der Waals surface area (Å²) in [6.07, 6.45) is 1.19. The maximum Gasteiger partial charge on any atom is 0.410 e. The molecule has 0 radical (unpaired) electrons. The molecule has 2 aromatic carbocycles. The Kier molecular flexibility index (Phi) is 14.9. The molecule has 3 rings (SSSR count). The number of ether oxygens (including phenoxy) is 3. The van der Waals surface area contributed by atoms with E-state index >= 15 is 0 Å². The summed E-state index contributed by atoms with van der Waals surface area (Å²) in [6, 6.07) is 13.7. The zero-order chi connectivity index (χ0) is 36.8. The lowest BCUT2D eigenvalue weighted by atomic mass is 9.88. The Morgan fingerprint density at radius 2 is 1.50 bits per heavy atom. The van der Waals surface area contributed by atoms with Crippen LogP contribution in [-0.4, -0.2) is 92.3 Å². The Bertz CT molecular complexity index is 1420. The first-order chi connectivity index (χ1) is 23.7. The molecule has 0 spiro atoms. The maximum atomic E-state index is 13.7. The van der Waals surface area contributed by atoms with E-state index in [0.29, 0.717) is 43.8 Å². The van der Waals surface area contributed by atoms with E-state index in [-0.39, 0.29) is 24.8 Å². The summed E-state index contributed by atoms with van der Waals surface area (Å²) in [7, 11) is 2.83. The van der Waals surface area contributed by atoms with E-state index in [2.05, 4.69) is 21.3 Å². The highest BCUT2D eigenvalue weighted by Gasteiger charge is 2.35. The van der Waals surface area contributed by atoms with Gasteiger partial charge >= 0.3 is 12.1 Å². The minimum absolute atomic E-state index is 0.0980. The average molecular weight is 696 g/mol. The summed E-state index contributed by atoms with van der Waals surface area (Å²) in [5, 5.41) is 11.5. The van der Waals surface area contributed by atoms with Crippen molar-refractivity contribution in [3.8, 4) is 5.75 Å². The molecule has 0 aliphatic carbocycles. The monoisotopic (exact) mass is 695 g/mol. The standard InChI is InChI=1S/C37H53N5O8/c1-24(2)21-30(35(46)49-7)41-33(44)29(22-25-11-9-8-10-12-25)40-31(43)23-38-34(45)32(39-27-13-15-28(48-6)16-14-27)26-17-19-42(20-18-26)36(47)50-37(3,4)5/h8-16,24,26,29-30,32,39H,17-23H2,1-7H3,(H,38,45)(H,40,43)(H,41,44)/t29-,30-,32?/m0/s1. The Hall–Kier alpha value is -4.81. The lowest BCUT2D eigenvalue weighted by Crippen LogP contribution is -2.55. The highest BCUT2D eigenvalue weighted by molar-refractivity contribution is 5.93. The van der Waals surface area contributed by atoms with Gasteiger partial charge in [-0.05, 0) is 81.7 Å². The van der Waals surface area contributed by atoms with Crippen LogP contribution >= 0.6 is 0 Å². The third kappa shape index (κ3) is 12.9. The number of amides is 4. The fourth-order valence-electron chi connectivity index (χ4n) is 5.69. The van der Waals surface area contributed by atoms with Crippen molar-refractivity contribution >= 4 is 35.5 Å². The molecule has 13 nitrogen and oxygen atoms in total. The Balaban J connectivity index is 1.72. The molecule has 4 N–H and O–H groups in total. The van der Waals surface area contributed by atoms with Gasteiger partial charge in [-0.15, -0.1) is 0 Å². The van der Waals surface area contributed by atoms with Crippen LogP contribution in [0.25, 0.3) is 0 Å². The molecule has 1 saturated heterocycles. The first kappa shape index (κ1) is 39.6. The Labute approximate surface area is 295 Å². The van der Waals surface area contributed by atoms with Crippen molar-refractivity contribution in [1.82, 2.24) is 20.9 Å². The number of esters is 1. The number of anilines is 1. The van der Waals surface area contributed by atoms with Crippen molar-refractivity contribution in [2.24, 2.45) is 11.8 Å². The van der Waals surface area contributed by atoms with Crippen LogP contribution in [0.15, 0.2) is 54.6 Å². The van der Waals surface area contributed by atoms with E-state index in [1.54, 1.807) is 36.3 Å². The SMILES string of the molecule is COC(=O)[C@H](CC(C)C)NC(=O)[C@H](Cc1ccccc1)NC(=O)CNC(=O)C(Nc1ccc(OC)cc1)C1CCN(C(=O)OC(C)(C)C)CC1. The third-order valence-electron chi connectivity index (χ3n) is 8.22. The van der Waals surface area contributed by atoms with E-state index in [4.69, 9.17) is 14.2 Å². The molecule has 1 unspecified atom stereocenters. The second kappa shape index (κ2) is 18.8. The highest BCUT2D eigenvalue weighted by atomic mass is 16.6. The van der Waals surface area contributed by atoms with Gasteiger partial charge in [0.25, 0.3) is 0 Å². The summed E-state index contributed by atoms with van der Waals surface area (Å²) in [4.78, 5) is 67.2. The zero-order valence-electron chi connectivity index (χ0n) is 30.2. The summed E-state index contributed by atoms with van der Waals surface area (Å²) in [5.74, 6) is -1.49. The van der Waals surface area contributed by atoms with Gasteiger partial charge in [-0.3, -0.25) is 14.4 Å². The molecule has 0 saturated carbocycles. The van der Waals surface area contributed by atoms with Gasteiger partial charge in [0, 0.05) is 25.2 Å². The lowest BCUT2D eigenvalue weighted by Gasteiger charge is -2.36. The minimum Gasteiger partial charge on any atom is -0.497 e. The van der Waals surface area contributed by atoms with Crippen LogP contribution in [0.4, 0.5) is 10.5 Å². The highest BCUT2D eigenvalue weighted by Crippen LogP contribution is 2.26. The van der Waals surface area contributed by atoms with Crippen LogP contribution in [0.1, 0.15) is 59.4 Å². The van der Waals surface area contributed by atoms with Crippen LogP contribution in [0.5, 0.6) is 5.75 Å². The van der Waals surface area contributed by atoms with Gasteiger partial charge < -0.3 is 40.4 Å². The van der Waals surface area contributed by atoms with E-state index < -0.39 is 53.5 Å². The molecule has 1 fully saturated rings. The molecule has 3 atom stereocenters. The van der Waals surface area contributed by atoms with Crippen LogP contribution in [0.2, 0.25) is 0 Å². The topological polar surface area (TPSA) is 164 Å². The van der Waals surface area contributed by atoms with E-state index in [0.717, 1.165) is 5.56 Å². The molecular weight excluding hydrogens is 642 g/mol. The Morgan fingerprint density at radius 1 is 0.860 bits per heavy atom. The van der Waals surface area contributed by atoms with Crippen LogP contribution in [0, 0.1) is 11.8 Å². The van der Waals surface area contributed by atoms with Crippen LogP contribution in [0.3, 0.4) is 0 Å². The predicted molar refractivity (Wildman–Crippen MR) is 189 cm³/mol. The van der Waals surface area contributed by atoms with E-state index in [9.17, 15) is 24.0 Å². The average Bonchev–Trinajstić information content (AvgIpc) is 3.08. The molecule has 4 amide bonds. The smallest absolute Gasteiger partial charge is 0.410 e. The summed E-state index contributed by atoms with van der Waals surface area (Å²) < 4.78 is 15.7.